The molecule has 0 radical (unpaired) electrons. The maximum Gasteiger partial charge on any atom is 0.203 e. The second-order valence-corrected chi connectivity index (χ2v) is 9.84. The Balaban J connectivity index is 2.01. The van der Waals surface area contributed by atoms with Gasteiger partial charge in [0.05, 0.1) is 27.4 Å². The second kappa shape index (κ2) is 12.8. The first-order valence-corrected chi connectivity index (χ1v) is 13.4. The van der Waals surface area contributed by atoms with Crippen LogP contribution in [0.5, 0.6) is 28.7 Å². The molecule has 2 N–H and O–H groups in total. The molecule has 1 aliphatic rings. The molecular weight excluding hydrogens is 490 g/mol. The molecule has 4 rings (SSSR count). The van der Waals surface area contributed by atoms with E-state index in [9.17, 15) is 10.2 Å². The summed E-state index contributed by atoms with van der Waals surface area (Å²) in [6.07, 6.45) is 8.25. The van der Waals surface area contributed by atoms with Gasteiger partial charge in [-0.15, -0.1) is 13.2 Å². The Morgan fingerprint density at radius 3 is 2.08 bits per heavy atom. The number of allylic oxidation sites excluding steroid dienone is 2. The van der Waals surface area contributed by atoms with Crippen LogP contribution in [-0.2, 0) is 12.8 Å². The highest BCUT2D eigenvalue weighted by Gasteiger charge is 2.32. The monoisotopic (exact) mass is 529 g/mol. The van der Waals surface area contributed by atoms with Crippen LogP contribution < -0.4 is 14.2 Å². The highest BCUT2D eigenvalue weighted by atomic mass is 16.5. The van der Waals surface area contributed by atoms with Crippen molar-refractivity contribution in [2.45, 2.75) is 38.1 Å². The first-order valence-electron chi connectivity index (χ1n) is 13.4. The van der Waals surface area contributed by atoms with Gasteiger partial charge in [-0.1, -0.05) is 24.6 Å². The van der Waals surface area contributed by atoms with Crippen molar-refractivity contribution in [2.75, 3.05) is 34.4 Å². The van der Waals surface area contributed by atoms with E-state index in [0.29, 0.717) is 41.2 Å². The van der Waals surface area contributed by atoms with Crippen molar-refractivity contribution >= 4 is 0 Å². The van der Waals surface area contributed by atoms with Crippen LogP contribution in [0.2, 0.25) is 0 Å². The number of benzene rings is 3. The summed E-state index contributed by atoms with van der Waals surface area (Å²) in [4.78, 5) is 2.39. The van der Waals surface area contributed by atoms with Crippen LogP contribution >= 0.6 is 0 Å². The lowest BCUT2D eigenvalue weighted by Gasteiger charge is -2.37. The van der Waals surface area contributed by atoms with Gasteiger partial charge in [0.1, 0.15) is 11.5 Å². The predicted molar refractivity (Wildman–Crippen MR) is 156 cm³/mol. The van der Waals surface area contributed by atoms with Crippen molar-refractivity contribution in [2.24, 2.45) is 0 Å². The molecule has 0 spiro atoms. The molecule has 3 aromatic rings. The van der Waals surface area contributed by atoms with E-state index in [1.807, 2.05) is 48.6 Å². The molecule has 0 saturated carbocycles. The maximum atomic E-state index is 12.0. The van der Waals surface area contributed by atoms with Crippen LogP contribution in [0.25, 0.3) is 11.1 Å². The van der Waals surface area contributed by atoms with Crippen LogP contribution in [0.1, 0.15) is 47.6 Å². The molecule has 1 unspecified atom stereocenters. The lowest BCUT2D eigenvalue weighted by atomic mass is 9.87. The predicted octanol–water partition coefficient (Wildman–Crippen LogP) is 6.82. The summed E-state index contributed by atoms with van der Waals surface area (Å²) in [5, 5.41) is 22.8. The normalized spacial score (nSPS) is 14.4. The molecule has 0 bridgehead atoms. The van der Waals surface area contributed by atoms with E-state index in [-0.39, 0.29) is 17.5 Å². The Morgan fingerprint density at radius 1 is 0.769 bits per heavy atom. The van der Waals surface area contributed by atoms with E-state index < -0.39 is 0 Å². The molecule has 1 atom stereocenters. The molecule has 1 heterocycles. The minimum Gasteiger partial charge on any atom is -0.507 e. The summed E-state index contributed by atoms with van der Waals surface area (Å²) in [5.41, 5.74) is 4.76. The zero-order valence-corrected chi connectivity index (χ0v) is 23.2. The number of phenols is 2. The number of likely N-dealkylation sites (tertiary alicyclic amines) is 1. The summed E-state index contributed by atoms with van der Waals surface area (Å²) < 4.78 is 17.2. The number of piperidine rings is 1. The van der Waals surface area contributed by atoms with E-state index >= 15 is 0 Å². The maximum absolute atomic E-state index is 12.0. The Kier molecular flexibility index (Phi) is 9.20. The molecule has 3 aromatic carbocycles. The van der Waals surface area contributed by atoms with Gasteiger partial charge in [0.15, 0.2) is 11.5 Å². The number of aromatic hydroxyl groups is 2. The molecule has 0 amide bonds. The fraction of sp³-hybridized carbons (Fsp3) is 0.333. The van der Waals surface area contributed by atoms with E-state index in [0.717, 1.165) is 48.2 Å². The molecule has 39 heavy (non-hydrogen) atoms. The SMILES string of the molecule is C=CCc1ccc(O)c(-c2cc(CC=C)cc(C(c3ccc(OC)c(OC)c3OC)N3CCCCC3)c2O)c1. The molecule has 1 fully saturated rings. The molecular formula is C33H39NO5. The summed E-state index contributed by atoms with van der Waals surface area (Å²) >= 11 is 0. The molecule has 1 saturated heterocycles. The van der Waals surface area contributed by atoms with Gasteiger partial charge in [-0.25, -0.2) is 0 Å². The third-order valence-corrected chi connectivity index (χ3v) is 7.39. The number of hydrogen-bond donors (Lipinski definition) is 2. The highest BCUT2D eigenvalue weighted by Crippen LogP contribution is 2.49. The smallest absolute Gasteiger partial charge is 0.203 e. The zero-order valence-electron chi connectivity index (χ0n) is 23.2. The number of methoxy groups -OCH3 is 3. The summed E-state index contributed by atoms with van der Waals surface area (Å²) in [7, 11) is 4.82. The fourth-order valence-electron chi connectivity index (χ4n) is 5.59. The van der Waals surface area contributed by atoms with Crippen molar-refractivity contribution in [3.63, 3.8) is 0 Å². The van der Waals surface area contributed by atoms with Crippen molar-refractivity contribution < 1.29 is 24.4 Å². The van der Waals surface area contributed by atoms with Crippen LogP contribution in [0, 0.1) is 0 Å². The van der Waals surface area contributed by atoms with E-state index in [2.05, 4.69) is 18.1 Å². The topological polar surface area (TPSA) is 71.4 Å². The van der Waals surface area contributed by atoms with Crippen LogP contribution in [-0.4, -0.2) is 49.5 Å². The minimum absolute atomic E-state index is 0.109. The number of nitrogens with zero attached hydrogens (tertiary/aromatic N) is 1. The zero-order chi connectivity index (χ0) is 27.9. The first-order chi connectivity index (χ1) is 19.0. The van der Waals surface area contributed by atoms with Gasteiger partial charge >= 0.3 is 0 Å². The van der Waals surface area contributed by atoms with Crippen molar-refractivity contribution in [1.29, 1.82) is 0 Å². The van der Waals surface area contributed by atoms with Crippen LogP contribution in [0.4, 0.5) is 0 Å². The van der Waals surface area contributed by atoms with E-state index in [1.165, 1.54) is 6.42 Å². The summed E-state index contributed by atoms with van der Waals surface area (Å²) in [6.45, 7) is 9.54. The lowest BCUT2D eigenvalue weighted by Crippen LogP contribution is -2.34. The molecule has 1 aliphatic heterocycles. The van der Waals surface area contributed by atoms with Crippen molar-refractivity contribution in [1.82, 2.24) is 4.90 Å². The van der Waals surface area contributed by atoms with Gasteiger partial charge in [0.2, 0.25) is 5.75 Å². The molecule has 6 heteroatoms. The average Bonchev–Trinajstić information content (AvgIpc) is 2.96. The first kappa shape index (κ1) is 28.1. The number of phenolic OH excluding ortho intramolecular Hbond substituents is 2. The Labute approximate surface area is 231 Å². The van der Waals surface area contributed by atoms with Gasteiger partial charge in [0, 0.05) is 22.3 Å². The van der Waals surface area contributed by atoms with Gasteiger partial charge in [0.25, 0.3) is 0 Å². The molecule has 206 valence electrons. The third-order valence-electron chi connectivity index (χ3n) is 7.39. The van der Waals surface area contributed by atoms with Crippen LogP contribution in [0.3, 0.4) is 0 Å². The van der Waals surface area contributed by atoms with Gasteiger partial charge in [-0.3, -0.25) is 4.90 Å². The number of hydrogen-bond acceptors (Lipinski definition) is 6. The Hall–Kier alpha value is -3.90. The van der Waals surface area contributed by atoms with Gasteiger partial charge in [-0.05, 0) is 86.3 Å². The molecule has 6 nitrogen and oxygen atoms in total. The standard InChI is InChI=1S/C33H39NO5/c1-6-11-22-13-15-28(35)25(19-22)26-20-23(12-7-2)21-27(31(26)36)30(34-17-9-8-10-18-34)24-14-16-29(37-3)33(39-5)32(24)38-4/h6-7,13-16,19-21,30,35-36H,1-2,8-12,17-18H2,3-5H3. The fourth-order valence-corrected chi connectivity index (χ4v) is 5.59. The van der Waals surface area contributed by atoms with Crippen molar-refractivity contribution in [3.8, 4) is 39.9 Å². The van der Waals surface area contributed by atoms with Crippen molar-refractivity contribution in [3.05, 3.63) is 90.0 Å². The summed E-state index contributed by atoms with van der Waals surface area (Å²) in [5.74, 6) is 1.89. The largest absolute Gasteiger partial charge is 0.507 e. The quantitative estimate of drug-likeness (QED) is 0.266. The Morgan fingerprint density at radius 2 is 1.44 bits per heavy atom. The van der Waals surface area contributed by atoms with Crippen LogP contribution in [0.15, 0.2) is 67.8 Å². The minimum atomic E-state index is -0.318. The lowest BCUT2D eigenvalue weighted by molar-refractivity contribution is 0.181. The van der Waals surface area contributed by atoms with E-state index in [1.54, 1.807) is 27.4 Å². The number of ether oxygens (including phenoxy) is 3. The highest BCUT2D eigenvalue weighted by molar-refractivity contribution is 5.78. The van der Waals surface area contributed by atoms with Gasteiger partial charge < -0.3 is 24.4 Å². The summed E-state index contributed by atoms with van der Waals surface area (Å²) in [6, 6.07) is 13.0. The average molecular weight is 530 g/mol. The number of rotatable bonds is 11. The Bertz CT molecular complexity index is 1330. The van der Waals surface area contributed by atoms with Gasteiger partial charge in [-0.2, -0.15) is 0 Å². The van der Waals surface area contributed by atoms with E-state index in [4.69, 9.17) is 14.2 Å². The third kappa shape index (κ3) is 5.76. The second-order valence-electron chi connectivity index (χ2n) is 9.84. The molecule has 0 aromatic heterocycles. The molecule has 0 aliphatic carbocycles.